The van der Waals surface area contributed by atoms with E-state index in [-0.39, 0.29) is 42.5 Å². The fourth-order valence-corrected chi connectivity index (χ4v) is 4.73. The van der Waals surface area contributed by atoms with Crippen LogP contribution < -0.4 is 16.4 Å². The van der Waals surface area contributed by atoms with Gasteiger partial charge in [-0.1, -0.05) is 0 Å². The molecule has 4 rings (SSSR count). The number of thiazole rings is 1. The molecule has 1 aromatic rings. The standard InChI is InChI=1S/C17H20F6N6S/c18-11(19)10-7-30-13(26-10)12-27-14(25-9-2-4-16(22,23)6-9)29-17(24,28-12)8-1-3-15(20,21)5-8/h7-9,11H,1-6,24H2,(H2,25,27,28,29). The number of alkyl halides is 6. The summed E-state index contributed by atoms with van der Waals surface area (Å²) in [7, 11) is 0. The Balaban J connectivity index is 1.66. The molecule has 0 radical (unpaired) electrons. The van der Waals surface area contributed by atoms with Crippen LogP contribution in [0.3, 0.4) is 0 Å². The molecule has 1 aromatic heterocycles. The Labute approximate surface area is 172 Å². The molecule has 0 spiro atoms. The second-order valence-electron chi connectivity index (χ2n) is 7.94. The highest BCUT2D eigenvalue weighted by molar-refractivity contribution is 7.11. The van der Waals surface area contributed by atoms with E-state index in [4.69, 9.17) is 5.73 Å². The second-order valence-corrected chi connectivity index (χ2v) is 8.80. The number of guanidine groups is 1. The Morgan fingerprint density at radius 2 is 1.83 bits per heavy atom. The number of amidine groups is 1. The molecule has 1 aliphatic heterocycles. The van der Waals surface area contributed by atoms with Gasteiger partial charge in [0.1, 0.15) is 5.69 Å². The average Bonchev–Trinajstić information content (AvgIpc) is 3.33. The van der Waals surface area contributed by atoms with E-state index in [0.29, 0.717) is 0 Å². The molecule has 2 aliphatic carbocycles. The van der Waals surface area contributed by atoms with Crippen LogP contribution in [-0.4, -0.2) is 40.5 Å². The van der Waals surface area contributed by atoms with Gasteiger partial charge in [0.25, 0.3) is 6.43 Å². The van der Waals surface area contributed by atoms with Crippen molar-refractivity contribution in [1.29, 1.82) is 0 Å². The number of nitrogens with two attached hydrogens (primary N) is 1. The van der Waals surface area contributed by atoms with Crippen LogP contribution in [0.5, 0.6) is 0 Å². The van der Waals surface area contributed by atoms with E-state index in [0.717, 1.165) is 16.7 Å². The summed E-state index contributed by atoms with van der Waals surface area (Å²) in [6.07, 6.45) is -4.17. The molecule has 166 valence electrons. The lowest BCUT2D eigenvalue weighted by Gasteiger charge is -2.38. The Kier molecular flexibility index (Phi) is 5.24. The van der Waals surface area contributed by atoms with E-state index in [1.54, 1.807) is 0 Å². The van der Waals surface area contributed by atoms with Gasteiger partial charge in [0.05, 0.1) is 6.04 Å². The van der Waals surface area contributed by atoms with Crippen molar-refractivity contribution in [2.45, 2.75) is 68.6 Å². The lowest BCUT2D eigenvalue weighted by molar-refractivity contribution is 0.000229. The molecule has 3 atom stereocenters. The third kappa shape index (κ3) is 4.41. The molecular weight excluding hydrogens is 434 g/mol. The van der Waals surface area contributed by atoms with Crippen molar-refractivity contribution in [1.82, 2.24) is 15.6 Å². The van der Waals surface area contributed by atoms with E-state index in [9.17, 15) is 26.3 Å². The Hall–Kier alpha value is -1.89. The number of hydrogen-bond donors (Lipinski definition) is 3. The first-order valence-corrected chi connectivity index (χ1v) is 10.3. The van der Waals surface area contributed by atoms with Crippen LogP contribution in [0.4, 0.5) is 26.3 Å². The number of rotatable bonds is 4. The highest BCUT2D eigenvalue weighted by Gasteiger charge is 2.50. The molecule has 6 nitrogen and oxygen atoms in total. The highest BCUT2D eigenvalue weighted by atomic mass is 32.1. The number of aliphatic imine (C=N–C) groups is 2. The summed E-state index contributed by atoms with van der Waals surface area (Å²) in [5, 5.41) is 6.76. The van der Waals surface area contributed by atoms with Gasteiger partial charge >= 0.3 is 0 Å². The molecule has 0 amide bonds. The fraction of sp³-hybridized carbons (Fsp3) is 0.706. The molecule has 13 heteroatoms. The van der Waals surface area contributed by atoms with Crippen LogP contribution in [0.2, 0.25) is 0 Å². The number of aromatic nitrogens is 1. The van der Waals surface area contributed by atoms with E-state index in [2.05, 4.69) is 25.6 Å². The van der Waals surface area contributed by atoms with Gasteiger partial charge in [-0.2, -0.15) is 0 Å². The zero-order valence-electron chi connectivity index (χ0n) is 15.6. The number of hydrogen-bond acceptors (Lipinski definition) is 5. The highest BCUT2D eigenvalue weighted by Crippen LogP contribution is 2.43. The third-order valence-electron chi connectivity index (χ3n) is 5.52. The molecule has 4 N–H and O–H groups in total. The molecule has 0 saturated heterocycles. The van der Waals surface area contributed by atoms with Crippen LogP contribution in [0, 0.1) is 5.92 Å². The summed E-state index contributed by atoms with van der Waals surface area (Å²) in [6, 6.07) is -0.698. The maximum Gasteiger partial charge on any atom is 0.281 e. The van der Waals surface area contributed by atoms with E-state index in [1.807, 2.05) is 0 Å². The van der Waals surface area contributed by atoms with Crippen molar-refractivity contribution < 1.29 is 26.3 Å². The molecule has 3 aliphatic rings. The quantitative estimate of drug-likeness (QED) is 0.607. The van der Waals surface area contributed by atoms with E-state index in [1.165, 1.54) is 0 Å². The summed E-state index contributed by atoms with van der Waals surface area (Å²) in [6.45, 7) is 0. The summed E-state index contributed by atoms with van der Waals surface area (Å²) >= 11 is 0.881. The van der Waals surface area contributed by atoms with Crippen molar-refractivity contribution >= 4 is 23.1 Å². The fourth-order valence-electron chi connectivity index (χ4n) is 3.97. The lowest BCUT2D eigenvalue weighted by Crippen LogP contribution is -2.66. The topological polar surface area (TPSA) is 87.7 Å². The predicted octanol–water partition coefficient (Wildman–Crippen LogP) is 3.61. The minimum atomic E-state index is -2.89. The van der Waals surface area contributed by atoms with Gasteiger partial charge in [-0.3, -0.25) is 5.73 Å². The molecular formula is C17H20F6N6S. The van der Waals surface area contributed by atoms with Crippen molar-refractivity contribution in [3.63, 3.8) is 0 Å². The molecule has 2 saturated carbocycles. The first-order chi connectivity index (χ1) is 13.9. The summed E-state index contributed by atoms with van der Waals surface area (Å²) < 4.78 is 80.5. The Morgan fingerprint density at radius 3 is 2.40 bits per heavy atom. The SMILES string of the molecule is NC1(C2CCC(F)(F)C2)N=C(c2nc(C(F)F)cs2)NC(=NC2CCC(F)(F)C2)N1. The molecule has 0 bridgehead atoms. The Morgan fingerprint density at radius 1 is 1.13 bits per heavy atom. The summed E-state index contributed by atoms with van der Waals surface area (Å²) in [4.78, 5) is 12.3. The summed E-state index contributed by atoms with van der Waals surface area (Å²) in [5.74, 6) is -8.20. The van der Waals surface area contributed by atoms with Crippen molar-refractivity contribution in [3.05, 3.63) is 16.1 Å². The van der Waals surface area contributed by atoms with Crippen LogP contribution in [0.15, 0.2) is 15.4 Å². The second kappa shape index (κ2) is 7.36. The molecule has 3 unspecified atom stereocenters. The lowest BCUT2D eigenvalue weighted by atomic mass is 9.98. The predicted molar refractivity (Wildman–Crippen MR) is 99.1 cm³/mol. The van der Waals surface area contributed by atoms with Gasteiger partial charge in [0.15, 0.2) is 22.6 Å². The van der Waals surface area contributed by atoms with Gasteiger partial charge in [0.2, 0.25) is 11.8 Å². The molecule has 0 aromatic carbocycles. The number of nitrogens with zero attached hydrogens (tertiary/aromatic N) is 3. The largest absolute Gasteiger partial charge is 0.319 e. The van der Waals surface area contributed by atoms with Gasteiger partial charge in [-0.15, -0.1) is 11.3 Å². The zero-order valence-corrected chi connectivity index (χ0v) is 16.5. The molecule has 2 fully saturated rings. The summed E-state index contributed by atoms with van der Waals surface area (Å²) in [5.41, 5.74) is 5.87. The van der Waals surface area contributed by atoms with Gasteiger partial charge < -0.3 is 10.6 Å². The third-order valence-corrected chi connectivity index (χ3v) is 6.38. The number of halogens is 6. The smallest absolute Gasteiger partial charge is 0.281 e. The maximum atomic E-state index is 13.8. The minimum Gasteiger partial charge on any atom is -0.319 e. The van der Waals surface area contributed by atoms with Gasteiger partial charge in [0, 0.05) is 37.0 Å². The first-order valence-electron chi connectivity index (χ1n) is 9.46. The normalized spacial score (nSPS) is 34.1. The number of nitrogens with one attached hydrogen (secondary N) is 2. The van der Waals surface area contributed by atoms with Gasteiger partial charge in [-0.05, 0) is 12.8 Å². The van der Waals surface area contributed by atoms with Crippen molar-refractivity contribution in [2.24, 2.45) is 21.6 Å². The molecule has 30 heavy (non-hydrogen) atoms. The van der Waals surface area contributed by atoms with Crippen LogP contribution in [-0.2, 0) is 0 Å². The van der Waals surface area contributed by atoms with E-state index >= 15 is 0 Å². The van der Waals surface area contributed by atoms with Crippen LogP contribution in [0.1, 0.15) is 55.7 Å². The van der Waals surface area contributed by atoms with Crippen molar-refractivity contribution in [2.75, 3.05) is 0 Å². The van der Waals surface area contributed by atoms with Crippen LogP contribution >= 0.6 is 11.3 Å². The van der Waals surface area contributed by atoms with E-state index < -0.39 is 54.6 Å². The van der Waals surface area contributed by atoms with Crippen molar-refractivity contribution in [3.8, 4) is 0 Å². The molecule has 2 heterocycles. The minimum absolute atomic E-state index is 0.00536. The Bertz CT molecular complexity index is 871. The van der Waals surface area contributed by atoms with Crippen LogP contribution in [0.25, 0.3) is 0 Å². The zero-order chi connectivity index (χ0) is 21.7. The average molecular weight is 454 g/mol. The first kappa shape index (κ1) is 21.3. The van der Waals surface area contributed by atoms with Gasteiger partial charge in [-0.25, -0.2) is 41.3 Å². The maximum absolute atomic E-state index is 13.8. The monoisotopic (exact) mass is 454 g/mol.